The normalized spacial score (nSPS) is 18.9. The summed E-state index contributed by atoms with van der Waals surface area (Å²) in [6, 6.07) is 0.134. The number of alkyl halides is 9. The van der Waals surface area contributed by atoms with E-state index in [4.69, 9.17) is 0 Å². The van der Waals surface area contributed by atoms with Gasteiger partial charge in [0.1, 0.15) is 0 Å². The van der Waals surface area contributed by atoms with Gasteiger partial charge in [-0.25, -0.2) is 4.13 Å². The summed E-state index contributed by atoms with van der Waals surface area (Å²) in [5.74, 6) is -13.5. The lowest BCUT2D eigenvalue weighted by atomic mass is 9.96. The van der Waals surface area contributed by atoms with Gasteiger partial charge in [0.05, 0.1) is 5.88 Å². The van der Waals surface area contributed by atoms with Crippen LogP contribution in [0.2, 0.25) is 0 Å². The topological polar surface area (TPSA) is 24.1 Å². The smallest absolute Gasteiger partial charge is 0.304 e. The van der Waals surface area contributed by atoms with Crippen molar-refractivity contribution in [2.75, 3.05) is 5.88 Å². The van der Waals surface area contributed by atoms with Gasteiger partial charge in [0.2, 0.25) is 0 Å². The summed E-state index contributed by atoms with van der Waals surface area (Å²) < 4.78 is 115. The molecule has 1 saturated carbocycles. The van der Waals surface area contributed by atoms with E-state index in [0.717, 1.165) is 32.1 Å². The Bertz CT molecular complexity index is 397. The van der Waals surface area contributed by atoms with Crippen molar-refractivity contribution in [3.8, 4) is 0 Å². The van der Waals surface area contributed by atoms with Crippen molar-refractivity contribution >= 4 is 23.9 Å². The van der Waals surface area contributed by atoms with Gasteiger partial charge in [0.15, 0.2) is 0 Å². The van der Waals surface area contributed by atoms with Crippen LogP contribution in [0, 0.1) is 0 Å². The van der Waals surface area contributed by atoms with Crippen LogP contribution < -0.4 is 9.44 Å². The Morgan fingerprint density at radius 1 is 0.792 bits per heavy atom. The van der Waals surface area contributed by atoms with Crippen LogP contribution in [0.4, 0.5) is 39.5 Å². The Hall–Kier alpha value is -0.0100. The van der Waals surface area contributed by atoms with E-state index in [1.807, 2.05) is 0 Å². The van der Waals surface area contributed by atoms with Crippen molar-refractivity contribution in [1.82, 2.24) is 9.44 Å². The third-order valence-electron chi connectivity index (χ3n) is 3.39. The molecular weight excluding hydrogens is 395 g/mol. The SMILES string of the molecule is FC(F)(F)C(F)(F)C(F)(F)C(F)(F)SNSCNC1CCCCC1. The molecule has 0 spiro atoms. The van der Waals surface area contributed by atoms with Crippen LogP contribution in [0.15, 0.2) is 0 Å². The molecule has 0 heterocycles. The fourth-order valence-electron chi connectivity index (χ4n) is 2.00. The van der Waals surface area contributed by atoms with Crippen LogP contribution in [0.3, 0.4) is 0 Å². The average Bonchev–Trinajstić information content (AvgIpc) is 2.46. The molecule has 0 aromatic heterocycles. The van der Waals surface area contributed by atoms with Crippen molar-refractivity contribution in [3.05, 3.63) is 0 Å². The maximum Gasteiger partial charge on any atom is 0.460 e. The zero-order chi connectivity index (χ0) is 18.6. The quantitative estimate of drug-likeness (QED) is 0.249. The van der Waals surface area contributed by atoms with Gasteiger partial charge >= 0.3 is 23.3 Å². The van der Waals surface area contributed by atoms with Crippen molar-refractivity contribution in [3.63, 3.8) is 0 Å². The molecular formula is C11H15F9N2S2. The highest BCUT2D eigenvalue weighted by Crippen LogP contribution is 2.56. The van der Waals surface area contributed by atoms with Crippen molar-refractivity contribution in [2.24, 2.45) is 0 Å². The summed E-state index contributed by atoms with van der Waals surface area (Å²) in [4.78, 5) is 0. The number of hydrogen-bond acceptors (Lipinski definition) is 4. The first kappa shape index (κ1) is 22.0. The van der Waals surface area contributed by atoms with E-state index in [0.29, 0.717) is 11.9 Å². The van der Waals surface area contributed by atoms with Gasteiger partial charge in [0.25, 0.3) is 0 Å². The summed E-state index contributed by atoms with van der Waals surface area (Å²) in [6.07, 6.45) is -2.02. The molecule has 1 rings (SSSR count). The van der Waals surface area contributed by atoms with Crippen LogP contribution >= 0.6 is 23.9 Å². The van der Waals surface area contributed by atoms with Crippen LogP contribution in [0.5, 0.6) is 0 Å². The molecule has 24 heavy (non-hydrogen) atoms. The summed E-state index contributed by atoms with van der Waals surface area (Å²) in [5, 5.41) is -2.74. The molecule has 0 atom stereocenters. The summed E-state index contributed by atoms with van der Waals surface area (Å²) in [5.41, 5.74) is 0. The first-order chi connectivity index (χ1) is 10.8. The summed E-state index contributed by atoms with van der Waals surface area (Å²) >= 11 is -0.705. The minimum atomic E-state index is -6.86. The third-order valence-corrected chi connectivity index (χ3v) is 5.02. The van der Waals surface area contributed by atoms with E-state index in [1.54, 1.807) is 4.13 Å². The van der Waals surface area contributed by atoms with Gasteiger partial charge in [-0.3, -0.25) is 0 Å². The first-order valence-corrected chi connectivity index (χ1v) is 8.61. The maximum absolute atomic E-state index is 13.1. The molecule has 144 valence electrons. The molecule has 0 aliphatic heterocycles. The number of halogens is 9. The van der Waals surface area contributed by atoms with E-state index in [9.17, 15) is 39.5 Å². The van der Waals surface area contributed by atoms with E-state index >= 15 is 0 Å². The minimum absolute atomic E-state index is 0.00891. The molecule has 0 radical (unpaired) electrons. The molecule has 0 unspecified atom stereocenters. The molecule has 0 amide bonds. The fourth-order valence-corrected chi connectivity index (χ4v) is 3.47. The zero-order valence-electron chi connectivity index (χ0n) is 12.0. The zero-order valence-corrected chi connectivity index (χ0v) is 13.7. The monoisotopic (exact) mass is 410 g/mol. The highest BCUT2D eigenvalue weighted by atomic mass is 32.2. The van der Waals surface area contributed by atoms with E-state index in [-0.39, 0.29) is 11.9 Å². The second kappa shape index (κ2) is 8.12. The van der Waals surface area contributed by atoms with Crippen LogP contribution in [-0.4, -0.2) is 35.2 Å². The molecule has 0 aromatic carbocycles. The number of nitrogens with one attached hydrogen (secondary N) is 2. The molecule has 13 heteroatoms. The van der Waals surface area contributed by atoms with E-state index in [2.05, 4.69) is 5.32 Å². The Balaban J connectivity index is 2.47. The van der Waals surface area contributed by atoms with Gasteiger partial charge in [-0.15, -0.1) is 0 Å². The summed E-state index contributed by atoms with van der Waals surface area (Å²) in [6.45, 7) is 0. The first-order valence-electron chi connectivity index (χ1n) is 6.81. The molecule has 0 saturated heterocycles. The van der Waals surface area contributed by atoms with Crippen molar-refractivity contribution < 1.29 is 39.5 Å². The lowest BCUT2D eigenvalue weighted by Gasteiger charge is -2.32. The van der Waals surface area contributed by atoms with Gasteiger partial charge in [0, 0.05) is 18.0 Å². The Labute approximate surface area is 140 Å². The van der Waals surface area contributed by atoms with Crippen LogP contribution in [-0.2, 0) is 0 Å². The third kappa shape index (κ3) is 5.01. The highest BCUT2D eigenvalue weighted by Gasteiger charge is 2.82. The van der Waals surface area contributed by atoms with Gasteiger partial charge in [-0.05, 0) is 12.8 Å². The minimum Gasteiger partial charge on any atom is -0.304 e. The highest BCUT2D eigenvalue weighted by molar-refractivity contribution is 8.13. The Morgan fingerprint density at radius 3 is 1.83 bits per heavy atom. The van der Waals surface area contributed by atoms with Crippen LogP contribution in [0.25, 0.3) is 0 Å². The molecule has 2 nitrogen and oxygen atoms in total. The van der Waals surface area contributed by atoms with Crippen LogP contribution in [0.1, 0.15) is 32.1 Å². The number of hydrogen-bond donors (Lipinski definition) is 2. The molecule has 0 aromatic rings. The molecule has 2 N–H and O–H groups in total. The van der Waals surface area contributed by atoms with Crippen molar-refractivity contribution in [2.45, 2.75) is 61.4 Å². The Kier molecular flexibility index (Phi) is 7.46. The number of rotatable bonds is 8. The Morgan fingerprint density at radius 2 is 1.33 bits per heavy atom. The molecule has 1 aliphatic rings. The molecule has 1 aliphatic carbocycles. The van der Waals surface area contributed by atoms with Gasteiger partial charge < -0.3 is 5.32 Å². The average molecular weight is 410 g/mol. The maximum atomic E-state index is 13.1. The predicted octanol–water partition coefficient (Wildman–Crippen LogP) is 5.18. The lowest BCUT2D eigenvalue weighted by molar-refractivity contribution is -0.381. The second-order valence-electron chi connectivity index (χ2n) is 5.18. The molecule has 0 bridgehead atoms. The largest absolute Gasteiger partial charge is 0.460 e. The van der Waals surface area contributed by atoms with E-state index < -0.39 is 35.2 Å². The predicted molar refractivity (Wildman–Crippen MR) is 74.1 cm³/mol. The van der Waals surface area contributed by atoms with Crippen molar-refractivity contribution in [1.29, 1.82) is 0 Å². The fraction of sp³-hybridized carbons (Fsp3) is 1.00. The van der Waals surface area contributed by atoms with Gasteiger partial charge in [-0.1, -0.05) is 31.2 Å². The standard InChI is InChI=1S/C11H15F9N2S2/c12-8(13,10(16,17)18)9(14,15)11(19,20)24-22-23-6-21-7-4-2-1-3-5-7/h7,21-22H,1-6H2. The van der Waals surface area contributed by atoms with E-state index in [1.165, 1.54) is 0 Å². The molecule has 1 fully saturated rings. The summed E-state index contributed by atoms with van der Waals surface area (Å²) in [7, 11) is 0. The lowest BCUT2D eigenvalue weighted by Crippen LogP contribution is -2.60. The van der Waals surface area contributed by atoms with Gasteiger partial charge in [-0.2, -0.15) is 39.5 Å². The second-order valence-corrected chi connectivity index (χ2v) is 7.14.